The highest BCUT2D eigenvalue weighted by atomic mass is 19.4. The zero-order valence-electron chi connectivity index (χ0n) is 11.2. The molecule has 2 rings (SSSR count). The summed E-state index contributed by atoms with van der Waals surface area (Å²) in [6, 6.07) is 0.924. The molecular weight excluding hydrogens is 314 g/mol. The van der Waals surface area contributed by atoms with Crippen molar-refractivity contribution < 1.29 is 31.1 Å². The Labute approximate surface area is 121 Å². The lowest BCUT2D eigenvalue weighted by Crippen LogP contribution is -2.46. The molecule has 122 valence electrons. The molecule has 1 saturated heterocycles. The first-order valence-electron chi connectivity index (χ1n) is 6.38. The molecule has 0 spiro atoms. The monoisotopic (exact) mass is 326 g/mol. The van der Waals surface area contributed by atoms with E-state index in [2.05, 4.69) is 5.32 Å². The molecule has 0 atom stereocenters. The average Bonchev–Trinajstić information content (AvgIpc) is 2.45. The first-order chi connectivity index (χ1) is 10.1. The van der Waals surface area contributed by atoms with E-state index >= 15 is 0 Å². The van der Waals surface area contributed by atoms with Crippen LogP contribution in [0.1, 0.15) is 21.5 Å². The van der Waals surface area contributed by atoms with E-state index in [1.54, 1.807) is 0 Å². The SMILES string of the molecule is O=C(c1cc(C(F)(F)F)cc(C(F)(F)F)c1)N1CCNCC1. The van der Waals surface area contributed by atoms with Gasteiger partial charge in [0.05, 0.1) is 11.1 Å². The van der Waals surface area contributed by atoms with Crippen LogP contribution in [0.4, 0.5) is 26.3 Å². The minimum absolute atomic E-state index is 0.00847. The Hall–Kier alpha value is -1.77. The number of piperazine rings is 1. The second-order valence-corrected chi connectivity index (χ2v) is 4.84. The van der Waals surface area contributed by atoms with Gasteiger partial charge in [0.2, 0.25) is 0 Å². The molecule has 1 aliphatic rings. The van der Waals surface area contributed by atoms with E-state index in [1.807, 2.05) is 0 Å². The van der Waals surface area contributed by atoms with Crippen LogP contribution >= 0.6 is 0 Å². The number of nitrogens with one attached hydrogen (secondary N) is 1. The van der Waals surface area contributed by atoms with Crippen molar-refractivity contribution in [1.82, 2.24) is 10.2 Å². The Bertz CT molecular complexity index is 528. The predicted octanol–water partition coefficient (Wildman–Crippen LogP) is 2.77. The fourth-order valence-corrected chi connectivity index (χ4v) is 2.13. The minimum atomic E-state index is -4.96. The molecule has 1 aromatic carbocycles. The summed E-state index contributed by atoms with van der Waals surface area (Å²) >= 11 is 0. The molecular formula is C13H12F6N2O. The van der Waals surface area contributed by atoms with Gasteiger partial charge in [-0.25, -0.2) is 0 Å². The van der Waals surface area contributed by atoms with Crippen LogP contribution < -0.4 is 5.32 Å². The van der Waals surface area contributed by atoms with Crippen molar-refractivity contribution in [3.8, 4) is 0 Å². The molecule has 0 radical (unpaired) electrons. The number of carbonyl (C=O) groups excluding carboxylic acids is 1. The van der Waals surface area contributed by atoms with E-state index in [4.69, 9.17) is 0 Å². The fourth-order valence-electron chi connectivity index (χ4n) is 2.13. The standard InChI is InChI=1S/C13H12F6N2O/c14-12(15,16)9-5-8(6-10(7-9)13(17,18)19)11(22)21-3-1-20-2-4-21/h5-7,20H,1-4H2. The number of hydrogen-bond donors (Lipinski definition) is 1. The molecule has 22 heavy (non-hydrogen) atoms. The Morgan fingerprint density at radius 1 is 0.909 bits per heavy atom. The second-order valence-electron chi connectivity index (χ2n) is 4.84. The lowest BCUT2D eigenvalue weighted by molar-refractivity contribution is -0.143. The topological polar surface area (TPSA) is 32.3 Å². The summed E-state index contributed by atoms with van der Waals surface area (Å²) in [6.45, 7) is 1.35. The third-order valence-electron chi connectivity index (χ3n) is 3.24. The smallest absolute Gasteiger partial charge is 0.336 e. The van der Waals surface area contributed by atoms with Gasteiger partial charge in [0.1, 0.15) is 0 Å². The molecule has 1 fully saturated rings. The maximum atomic E-state index is 12.7. The maximum Gasteiger partial charge on any atom is 0.416 e. The molecule has 1 aromatic rings. The first kappa shape index (κ1) is 16.6. The second kappa shape index (κ2) is 5.79. The van der Waals surface area contributed by atoms with Gasteiger partial charge in [0.25, 0.3) is 5.91 Å². The van der Waals surface area contributed by atoms with Gasteiger partial charge >= 0.3 is 12.4 Å². The number of benzene rings is 1. The summed E-state index contributed by atoms with van der Waals surface area (Å²) in [6.07, 6.45) is -9.92. The van der Waals surface area contributed by atoms with Crippen LogP contribution in [0.15, 0.2) is 18.2 Å². The molecule has 0 aromatic heterocycles. The molecule has 0 aliphatic carbocycles. The van der Waals surface area contributed by atoms with Gasteiger partial charge in [-0.05, 0) is 18.2 Å². The highest BCUT2D eigenvalue weighted by Gasteiger charge is 2.37. The summed E-state index contributed by atoms with van der Waals surface area (Å²) in [5, 5.41) is 2.94. The summed E-state index contributed by atoms with van der Waals surface area (Å²) < 4.78 is 76.4. The molecule has 0 saturated carbocycles. The Morgan fingerprint density at radius 2 is 1.36 bits per heavy atom. The van der Waals surface area contributed by atoms with Crippen molar-refractivity contribution in [1.29, 1.82) is 0 Å². The van der Waals surface area contributed by atoms with Crippen LogP contribution in [0, 0.1) is 0 Å². The molecule has 1 amide bonds. The van der Waals surface area contributed by atoms with Crippen LogP contribution in [0.3, 0.4) is 0 Å². The van der Waals surface area contributed by atoms with Crippen molar-refractivity contribution in [2.75, 3.05) is 26.2 Å². The lowest BCUT2D eigenvalue weighted by atomic mass is 10.0. The summed E-state index contributed by atoms with van der Waals surface area (Å²) in [7, 11) is 0. The van der Waals surface area contributed by atoms with Gasteiger partial charge in [0, 0.05) is 31.7 Å². The number of hydrogen-bond acceptors (Lipinski definition) is 2. The molecule has 0 unspecified atom stereocenters. The fraction of sp³-hybridized carbons (Fsp3) is 0.462. The highest BCUT2D eigenvalue weighted by molar-refractivity contribution is 5.94. The van der Waals surface area contributed by atoms with Gasteiger partial charge in [-0.2, -0.15) is 26.3 Å². The third-order valence-corrected chi connectivity index (χ3v) is 3.24. The van der Waals surface area contributed by atoms with Crippen molar-refractivity contribution in [2.24, 2.45) is 0 Å². The summed E-state index contributed by atoms with van der Waals surface area (Å²) in [5.41, 5.74) is -3.58. The van der Waals surface area contributed by atoms with Crippen LogP contribution in [0.2, 0.25) is 0 Å². The normalized spacial score (nSPS) is 16.7. The summed E-state index contributed by atoms with van der Waals surface area (Å²) in [5.74, 6) is -0.835. The van der Waals surface area contributed by atoms with E-state index in [0.717, 1.165) is 0 Å². The van der Waals surface area contributed by atoms with Gasteiger partial charge in [-0.3, -0.25) is 4.79 Å². The molecule has 0 bridgehead atoms. The molecule has 1 N–H and O–H groups in total. The van der Waals surface area contributed by atoms with E-state index < -0.39 is 35.0 Å². The van der Waals surface area contributed by atoms with E-state index in [9.17, 15) is 31.1 Å². The van der Waals surface area contributed by atoms with E-state index in [-0.39, 0.29) is 19.2 Å². The molecule has 1 heterocycles. The molecule has 3 nitrogen and oxygen atoms in total. The van der Waals surface area contributed by atoms with E-state index in [1.165, 1.54) is 4.90 Å². The van der Waals surface area contributed by atoms with Gasteiger partial charge in [0.15, 0.2) is 0 Å². The van der Waals surface area contributed by atoms with Crippen LogP contribution in [0.5, 0.6) is 0 Å². The maximum absolute atomic E-state index is 12.7. The van der Waals surface area contributed by atoms with Crippen LogP contribution in [0.25, 0.3) is 0 Å². The Balaban J connectivity index is 2.43. The summed E-state index contributed by atoms with van der Waals surface area (Å²) in [4.78, 5) is 13.3. The first-order valence-corrected chi connectivity index (χ1v) is 6.38. The van der Waals surface area contributed by atoms with Crippen LogP contribution in [-0.2, 0) is 12.4 Å². The molecule has 1 aliphatic heterocycles. The van der Waals surface area contributed by atoms with Crippen molar-refractivity contribution in [3.05, 3.63) is 34.9 Å². The average molecular weight is 326 g/mol. The number of rotatable bonds is 1. The number of nitrogens with zero attached hydrogens (tertiary/aromatic N) is 1. The largest absolute Gasteiger partial charge is 0.416 e. The number of carbonyl (C=O) groups is 1. The van der Waals surface area contributed by atoms with Gasteiger partial charge in [-0.15, -0.1) is 0 Å². The highest BCUT2D eigenvalue weighted by Crippen LogP contribution is 2.36. The lowest BCUT2D eigenvalue weighted by Gasteiger charge is -2.28. The van der Waals surface area contributed by atoms with Gasteiger partial charge < -0.3 is 10.2 Å². The number of alkyl halides is 6. The van der Waals surface area contributed by atoms with Crippen molar-refractivity contribution in [2.45, 2.75) is 12.4 Å². The number of amides is 1. The quantitative estimate of drug-likeness (QED) is 0.805. The third kappa shape index (κ3) is 3.70. The zero-order chi connectivity index (χ0) is 16.5. The van der Waals surface area contributed by atoms with Gasteiger partial charge in [-0.1, -0.05) is 0 Å². The Morgan fingerprint density at radius 3 is 1.77 bits per heavy atom. The van der Waals surface area contributed by atoms with Crippen molar-refractivity contribution in [3.63, 3.8) is 0 Å². The molecule has 9 heteroatoms. The number of halogens is 6. The Kier molecular flexibility index (Phi) is 4.37. The zero-order valence-corrected chi connectivity index (χ0v) is 11.2. The van der Waals surface area contributed by atoms with E-state index in [0.29, 0.717) is 25.2 Å². The predicted molar refractivity (Wildman–Crippen MR) is 65.2 cm³/mol. The van der Waals surface area contributed by atoms with Crippen molar-refractivity contribution >= 4 is 5.91 Å². The minimum Gasteiger partial charge on any atom is -0.336 e. The van der Waals surface area contributed by atoms with Crippen LogP contribution in [-0.4, -0.2) is 37.0 Å².